The molecule has 2 nitrogen and oxygen atoms in total. The molecule has 0 bridgehead atoms. The maximum atomic E-state index is 10.6. The van der Waals surface area contributed by atoms with Gasteiger partial charge in [-0.15, -0.1) is 11.3 Å². The lowest BCUT2D eigenvalue weighted by molar-refractivity contribution is 0.773. The van der Waals surface area contributed by atoms with E-state index in [2.05, 4.69) is 143 Å². The Balaban J connectivity index is 1.18. The monoisotopic (exact) mass is 809 g/mol. The number of hydrogen-bond donors (Lipinski definition) is 0. The van der Waals surface area contributed by atoms with Gasteiger partial charge in [-0.2, -0.15) is 0 Å². The Bertz CT molecular complexity index is 4090. The summed E-state index contributed by atoms with van der Waals surface area (Å²) in [7, 11) is 0. The molecule has 14 rings (SSSR count). The fourth-order valence-electron chi connectivity index (χ4n) is 11.0. The first-order valence-corrected chi connectivity index (χ1v) is 21.8. The Kier molecular flexibility index (Phi) is 6.02. The molecule has 2 aliphatic rings. The van der Waals surface area contributed by atoms with E-state index in [1.165, 1.54) is 0 Å². The number of para-hydroxylation sites is 2. The summed E-state index contributed by atoms with van der Waals surface area (Å²) in [6.07, 6.45) is 0. The van der Waals surface area contributed by atoms with E-state index in [0.29, 0.717) is 27.6 Å². The van der Waals surface area contributed by atoms with Crippen molar-refractivity contribution in [2.75, 3.05) is 4.90 Å². The van der Waals surface area contributed by atoms with Crippen LogP contribution in [-0.4, -0.2) is 4.57 Å². The van der Waals surface area contributed by atoms with Crippen LogP contribution in [0.3, 0.4) is 0 Å². The lowest BCUT2D eigenvalue weighted by atomic mass is 9.61. The first kappa shape index (κ1) is 29.5. The number of fused-ring (bicyclic) bond motifs is 15. The molecule has 288 valence electrons. The minimum atomic E-state index is -1.05. The molecule has 0 fully saturated rings. The van der Waals surface area contributed by atoms with Crippen LogP contribution in [0.1, 0.15) is 29.1 Å². The van der Waals surface area contributed by atoms with Crippen LogP contribution < -0.4 is 4.90 Å². The van der Waals surface area contributed by atoms with E-state index in [0.717, 1.165) is 92.4 Å². The summed E-state index contributed by atoms with van der Waals surface area (Å²) in [5.41, 5.74) is 10.8. The molecule has 0 saturated heterocycles. The van der Waals surface area contributed by atoms with Crippen molar-refractivity contribution in [2.45, 2.75) is 5.41 Å². The van der Waals surface area contributed by atoms with Crippen LogP contribution in [0, 0.1) is 0 Å². The number of anilines is 3. The zero-order valence-electron chi connectivity index (χ0n) is 38.2. The fraction of sp³-hybridized carbons (Fsp3) is 0.0169. The SMILES string of the molecule is [2H]c1c([2H])c2c3c(c([2H])c([2H])c(N(c4ccc5c(c4)c4ccccc4n5-c4ccccc4)c4cccc5sc6ccccc6c45)c3c1[2H])C1(c3ccccc3-c3ccccc31)c1ccccc1-2. The zero-order valence-corrected chi connectivity index (χ0v) is 34.0. The molecule has 3 heteroatoms. The van der Waals surface area contributed by atoms with Gasteiger partial charge in [-0.1, -0.05) is 158 Å². The third-order valence-corrected chi connectivity index (χ3v) is 14.5. The summed E-state index contributed by atoms with van der Waals surface area (Å²) in [6, 6.07) is 64.2. The predicted molar refractivity (Wildman–Crippen MR) is 262 cm³/mol. The molecule has 0 saturated carbocycles. The molecule has 0 aliphatic heterocycles. The van der Waals surface area contributed by atoms with Crippen molar-refractivity contribution in [1.82, 2.24) is 4.57 Å². The van der Waals surface area contributed by atoms with Crippen molar-refractivity contribution in [3.63, 3.8) is 0 Å². The van der Waals surface area contributed by atoms with Gasteiger partial charge in [-0.3, -0.25) is 0 Å². The highest BCUT2D eigenvalue weighted by molar-refractivity contribution is 7.26. The van der Waals surface area contributed by atoms with Crippen LogP contribution in [0.25, 0.3) is 80.7 Å². The molecule has 0 N–H and O–H groups in total. The van der Waals surface area contributed by atoms with E-state index in [1.807, 2.05) is 54.6 Å². The van der Waals surface area contributed by atoms with Crippen molar-refractivity contribution in [3.8, 4) is 27.9 Å². The highest BCUT2D eigenvalue weighted by Crippen LogP contribution is 2.62. The van der Waals surface area contributed by atoms with Crippen molar-refractivity contribution in [2.24, 2.45) is 0 Å². The van der Waals surface area contributed by atoms with Crippen molar-refractivity contribution < 1.29 is 6.85 Å². The molecular weight excluding hydrogens is 769 g/mol. The molecule has 2 heterocycles. The summed E-state index contributed by atoms with van der Waals surface area (Å²) in [6.45, 7) is 0. The molecule has 2 aromatic heterocycles. The van der Waals surface area contributed by atoms with Gasteiger partial charge in [-0.05, 0) is 111 Å². The number of thiophene rings is 1. The zero-order chi connectivity index (χ0) is 44.9. The Morgan fingerprint density at radius 2 is 1.05 bits per heavy atom. The van der Waals surface area contributed by atoms with Crippen LogP contribution in [-0.2, 0) is 5.41 Å². The van der Waals surface area contributed by atoms with Crippen LogP contribution in [0.4, 0.5) is 17.1 Å². The molecule has 1 spiro atoms. The number of benzene rings is 10. The van der Waals surface area contributed by atoms with Crippen molar-refractivity contribution >= 4 is 81.1 Å². The van der Waals surface area contributed by atoms with Crippen LogP contribution in [0.2, 0.25) is 0 Å². The van der Waals surface area contributed by atoms with Gasteiger partial charge in [0, 0.05) is 47.7 Å². The summed E-state index contributed by atoms with van der Waals surface area (Å²) in [5, 5.41) is 5.10. The van der Waals surface area contributed by atoms with E-state index in [-0.39, 0.29) is 30.2 Å². The second-order valence-corrected chi connectivity index (χ2v) is 17.4. The van der Waals surface area contributed by atoms with Gasteiger partial charge >= 0.3 is 0 Å². The molecular formula is C59H36N2S. The van der Waals surface area contributed by atoms with Crippen molar-refractivity contribution in [1.29, 1.82) is 0 Å². The first-order chi connectivity index (χ1) is 32.9. The maximum absolute atomic E-state index is 10.6. The van der Waals surface area contributed by atoms with Gasteiger partial charge in [0.25, 0.3) is 0 Å². The predicted octanol–water partition coefficient (Wildman–Crippen LogP) is 16.1. The molecule has 2 aliphatic carbocycles. The van der Waals surface area contributed by atoms with Crippen molar-refractivity contribution in [3.05, 3.63) is 241 Å². The third-order valence-electron chi connectivity index (χ3n) is 13.4. The number of hydrogen-bond acceptors (Lipinski definition) is 2. The highest BCUT2D eigenvalue weighted by Gasteiger charge is 2.50. The Morgan fingerprint density at radius 3 is 1.82 bits per heavy atom. The van der Waals surface area contributed by atoms with E-state index in [1.54, 1.807) is 11.3 Å². The van der Waals surface area contributed by atoms with Crippen LogP contribution in [0.5, 0.6) is 0 Å². The largest absolute Gasteiger partial charge is 0.309 e. The Labute approximate surface area is 369 Å². The molecule has 0 atom stereocenters. The molecule has 12 aromatic rings. The lowest BCUT2D eigenvalue weighted by Crippen LogP contribution is -2.32. The van der Waals surface area contributed by atoms with Crippen LogP contribution >= 0.6 is 11.3 Å². The summed E-state index contributed by atoms with van der Waals surface area (Å²) >= 11 is 1.71. The highest BCUT2D eigenvalue weighted by atomic mass is 32.1. The number of nitrogens with zero attached hydrogens (tertiary/aromatic N) is 2. The topological polar surface area (TPSA) is 8.17 Å². The molecule has 0 amide bonds. The Hall–Kier alpha value is -7.72. The third kappa shape index (κ3) is 4.37. The van der Waals surface area contributed by atoms with Gasteiger partial charge in [0.05, 0.1) is 34.7 Å². The Morgan fingerprint density at radius 1 is 0.419 bits per heavy atom. The van der Waals surface area contributed by atoms with E-state index < -0.39 is 5.41 Å². The van der Waals surface area contributed by atoms with E-state index in [9.17, 15) is 6.85 Å². The van der Waals surface area contributed by atoms with Gasteiger partial charge in [0.1, 0.15) is 0 Å². The number of rotatable bonds is 4. The fourth-order valence-corrected chi connectivity index (χ4v) is 12.1. The van der Waals surface area contributed by atoms with E-state index >= 15 is 0 Å². The van der Waals surface area contributed by atoms with Crippen LogP contribution in [0.15, 0.2) is 218 Å². The number of aromatic nitrogens is 1. The smallest absolute Gasteiger partial charge is 0.0725 e. The normalized spacial score (nSPS) is 14.4. The molecule has 10 aromatic carbocycles. The second kappa shape index (κ2) is 12.7. The minimum Gasteiger partial charge on any atom is -0.309 e. The summed E-state index contributed by atoms with van der Waals surface area (Å²) < 4.78 is 55.1. The van der Waals surface area contributed by atoms with Gasteiger partial charge < -0.3 is 9.47 Å². The standard InChI is InChI=1S/C59H36N2S/c1-2-16-37(17-3-1)60-51-28-12-7-21-42(51)46-36-38(32-34-53(46)60)61(54-29-15-31-56-58(54)45-22-8-13-30-55(45)62-56)52-35-33-50-57-43(23-14-24-44(52)57)41-20-6-11-27-49(41)59(50)47-25-9-4-18-39(47)40-19-5-10-26-48(40)59/h1-36H/i14D,23D,24D,33D,35D. The second-order valence-electron chi connectivity index (χ2n) is 16.3. The van der Waals surface area contributed by atoms with Gasteiger partial charge in [0.2, 0.25) is 0 Å². The lowest BCUT2D eigenvalue weighted by Gasteiger charge is -2.40. The summed E-state index contributed by atoms with van der Waals surface area (Å²) in [5.74, 6) is 0. The summed E-state index contributed by atoms with van der Waals surface area (Å²) in [4.78, 5) is 2.09. The van der Waals surface area contributed by atoms with E-state index in [4.69, 9.17) is 0 Å². The first-order valence-electron chi connectivity index (χ1n) is 23.5. The van der Waals surface area contributed by atoms with Gasteiger partial charge in [-0.25, -0.2) is 0 Å². The molecule has 62 heavy (non-hydrogen) atoms. The quantitative estimate of drug-likeness (QED) is 0.172. The maximum Gasteiger partial charge on any atom is 0.0725 e. The average Bonchev–Trinajstić information content (AvgIpc) is 4.02. The average molecular weight is 810 g/mol. The molecule has 0 unspecified atom stereocenters. The molecule has 0 radical (unpaired) electrons. The minimum absolute atomic E-state index is 0.0235. The van der Waals surface area contributed by atoms with Gasteiger partial charge in [0.15, 0.2) is 0 Å².